The summed E-state index contributed by atoms with van der Waals surface area (Å²) in [4.78, 5) is 24.2. The number of anilines is 1. The SMILES string of the molecule is C[C@H](Sc1ccc(Br)cc1)C(=O)Nc1ccc(C(N)=O)cc1. The first-order valence-electron chi connectivity index (χ1n) is 6.58. The van der Waals surface area contributed by atoms with E-state index in [4.69, 9.17) is 5.73 Å². The molecule has 2 amide bonds. The number of halogens is 1. The zero-order valence-corrected chi connectivity index (χ0v) is 14.3. The van der Waals surface area contributed by atoms with E-state index in [1.54, 1.807) is 24.3 Å². The highest BCUT2D eigenvalue weighted by molar-refractivity contribution is 9.10. The Bertz CT molecular complexity index is 672. The van der Waals surface area contributed by atoms with Crippen molar-refractivity contribution in [2.24, 2.45) is 5.73 Å². The van der Waals surface area contributed by atoms with E-state index < -0.39 is 5.91 Å². The Balaban J connectivity index is 1.95. The van der Waals surface area contributed by atoms with Crippen molar-refractivity contribution in [3.63, 3.8) is 0 Å². The Morgan fingerprint density at radius 1 is 1.09 bits per heavy atom. The van der Waals surface area contributed by atoms with Crippen molar-refractivity contribution in [2.45, 2.75) is 17.1 Å². The molecule has 0 aliphatic rings. The molecule has 0 aliphatic heterocycles. The number of hydrogen-bond donors (Lipinski definition) is 2. The van der Waals surface area contributed by atoms with E-state index in [1.165, 1.54) is 11.8 Å². The summed E-state index contributed by atoms with van der Waals surface area (Å²) in [5.74, 6) is -0.586. The maximum Gasteiger partial charge on any atom is 0.248 e. The maximum atomic E-state index is 12.2. The molecular weight excluding hydrogens is 364 g/mol. The first-order valence-corrected chi connectivity index (χ1v) is 8.26. The summed E-state index contributed by atoms with van der Waals surface area (Å²) in [5.41, 5.74) is 6.23. The van der Waals surface area contributed by atoms with Crippen LogP contribution in [0.2, 0.25) is 0 Å². The lowest BCUT2D eigenvalue weighted by atomic mass is 10.2. The van der Waals surface area contributed by atoms with Gasteiger partial charge in [0, 0.05) is 20.6 Å². The molecule has 0 saturated carbocycles. The van der Waals surface area contributed by atoms with Crippen molar-refractivity contribution in [2.75, 3.05) is 5.32 Å². The Morgan fingerprint density at radius 3 is 2.23 bits per heavy atom. The van der Waals surface area contributed by atoms with Crippen molar-refractivity contribution in [1.82, 2.24) is 0 Å². The molecular formula is C16H15BrN2O2S. The average molecular weight is 379 g/mol. The van der Waals surface area contributed by atoms with Gasteiger partial charge in [-0.1, -0.05) is 15.9 Å². The van der Waals surface area contributed by atoms with Crippen LogP contribution in [0.3, 0.4) is 0 Å². The van der Waals surface area contributed by atoms with Crippen LogP contribution < -0.4 is 11.1 Å². The molecule has 6 heteroatoms. The summed E-state index contributed by atoms with van der Waals surface area (Å²) in [5, 5.41) is 2.58. The van der Waals surface area contributed by atoms with Crippen molar-refractivity contribution < 1.29 is 9.59 Å². The number of primary amides is 1. The van der Waals surface area contributed by atoms with E-state index in [1.807, 2.05) is 31.2 Å². The van der Waals surface area contributed by atoms with Gasteiger partial charge in [-0.25, -0.2) is 0 Å². The lowest BCUT2D eigenvalue weighted by Gasteiger charge is -2.12. The van der Waals surface area contributed by atoms with Gasteiger partial charge in [0.25, 0.3) is 0 Å². The van der Waals surface area contributed by atoms with Crippen LogP contribution >= 0.6 is 27.7 Å². The molecule has 0 bridgehead atoms. The smallest absolute Gasteiger partial charge is 0.248 e. The summed E-state index contributed by atoms with van der Waals surface area (Å²) < 4.78 is 1.00. The van der Waals surface area contributed by atoms with Crippen LogP contribution in [0.4, 0.5) is 5.69 Å². The maximum absolute atomic E-state index is 12.2. The second-order valence-corrected chi connectivity index (χ2v) is 6.97. The van der Waals surface area contributed by atoms with Crippen LogP contribution in [-0.2, 0) is 4.79 Å². The molecule has 0 aromatic heterocycles. The summed E-state index contributed by atoms with van der Waals surface area (Å²) in [7, 11) is 0. The minimum Gasteiger partial charge on any atom is -0.366 e. The Labute approximate surface area is 141 Å². The van der Waals surface area contributed by atoms with Crippen LogP contribution in [0.25, 0.3) is 0 Å². The minimum atomic E-state index is -0.489. The van der Waals surface area contributed by atoms with Crippen molar-refractivity contribution in [1.29, 1.82) is 0 Å². The minimum absolute atomic E-state index is 0.0975. The lowest BCUT2D eigenvalue weighted by Crippen LogP contribution is -2.22. The van der Waals surface area contributed by atoms with Crippen LogP contribution in [0.1, 0.15) is 17.3 Å². The molecule has 0 spiro atoms. The fourth-order valence-electron chi connectivity index (χ4n) is 1.73. The van der Waals surface area contributed by atoms with E-state index in [0.717, 1.165) is 9.37 Å². The zero-order valence-electron chi connectivity index (χ0n) is 11.9. The van der Waals surface area contributed by atoms with Crippen LogP contribution in [0, 0.1) is 0 Å². The highest BCUT2D eigenvalue weighted by Gasteiger charge is 2.14. The largest absolute Gasteiger partial charge is 0.366 e. The van der Waals surface area contributed by atoms with Crippen molar-refractivity contribution >= 4 is 45.2 Å². The number of nitrogens with one attached hydrogen (secondary N) is 1. The molecule has 0 heterocycles. The third kappa shape index (κ3) is 4.61. The van der Waals surface area contributed by atoms with E-state index in [2.05, 4.69) is 21.2 Å². The average Bonchev–Trinajstić information content (AvgIpc) is 2.50. The number of rotatable bonds is 5. The summed E-state index contributed by atoms with van der Waals surface area (Å²) >= 11 is 4.86. The van der Waals surface area contributed by atoms with Crippen molar-refractivity contribution in [3.8, 4) is 0 Å². The third-order valence-electron chi connectivity index (χ3n) is 2.93. The molecule has 0 saturated heterocycles. The van der Waals surface area contributed by atoms with Crippen LogP contribution in [-0.4, -0.2) is 17.1 Å². The fourth-order valence-corrected chi connectivity index (χ4v) is 2.86. The molecule has 0 unspecified atom stereocenters. The number of carbonyl (C=O) groups excluding carboxylic acids is 2. The van der Waals surface area contributed by atoms with Gasteiger partial charge in [-0.15, -0.1) is 11.8 Å². The first-order chi connectivity index (χ1) is 10.5. The number of hydrogen-bond acceptors (Lipinski definition) is 3. The molecule has 114 valence electrons. The molecule has 0 fully saturated rings. The van der Waals surface area contributed by atoms with Gasteiger partial charge in [-0.3, -0.25) is 9.59 Å². The van der Waals surface area contributed by atoms with Gasteiger partial charge in [0.2, 0.25) is 11.8 Å². The normalized spacial score (nSPS) is 11.7. The van der Waals surface area contributed by atoms with Crippen molar-refractivity contribution in [3.05, 3.63) is 58.6 Å². The number of carbonyl (C=O) groups is 2. The highest BCUT2D eigenvalue weighted by atomic mass is 79.9. The van der Waals surface area contributed by atoms with Gasteiger partial charge < -0.3 is 11.1 Å². The summed E-state index contributed by atoms with van der Waals surface area (Å²) in [6.45, 7) is 1.85. The number of amides is 2. The van der Waals surface area contributed by atoms with E-state index in [0.29, 0.717) is 11.3 Å². The Hall–Kier alpha value is -1.79. The standard InChI is InChI=1S/C16H15BrN2O2S/c1-10(22-14-8-4-12(17)5-9-14)16(21)19-13-6-2-11(3-7-13)15(18)20/h2-10H,1H3,(H2,18,20)(H,19,21)/t10-/m0/s1. The van der Waals surface area contributed by atoms with Gasteiger partial charge >= 0.3 is 0 Å². The molecule has 3 N–H and O–H groups in total. The second-order valence-electron chi connectivity index (χ2n) is 4.64. The quantitative estimate of drug-likeness (QED) is 0.779. The molecule has 1 atom stereocenters. The van der Waals surface area contributed by atoms with E-state index >= 15 is 0 Å². The van der Waals surface area contributed by atoms with E-state index in [-0.39, 0.29) is 11.2 Å². The zero-order chi connectivity index (χ0) is 16.1. The van der Waals surface area contributed by atoms with Gasteiger partial charge in [-0.05, 0) is 55.5 Å². The predicted molar refractivity (Wildman–Crippen MR) is 93.1 cm³/mol. The number of benzene rings is 2. The summed E-state index contributed by atoms with van der Waals surface area (Å²) in [6.07, 6.45) is 0. The third-order valence-corrected chi connectivity index (χ3v) is 4.57. The fraction of sp³-hybridized carbons (Fsp3) is 0.125. The molecule has 4 nitrogen and oxygen atoms in total. The molecule has 2 rings (SSSR count). The molecule has 22 heavy (non-hydrogen) atoms. The lowest BCUT2D eigenvalue weighted by molar-refractivity contribution is -0.115. The van der Waals surface area contributed by atoms with Gasteiger partial charge in [0.1, 0.15) is 0 Å². The Kier molecular flexibility index (Phi) is 5.63. The van der Waals surface area contributed by atoms with E-state index in [9.17, 15) is 9.59 Å². The topological polar surface area (TPSA) is 72.2 Å². The monoisotopic (exact) mass is 378 g/mol. The summed E-state index contributed by atoms with van der Waals surface area (Å²) in [6, 6.07) is 14.3. The molecule has 2 aromatic carbocycles. The van der Waals surface area contributed by atoms with Gasteiger partial charge in [0.15, 0.2) is 0 Å². The van der Waals surface area contributed by atoms with Gasteiger partial charge in [0.05, 0.1) is 5.25 Å². The molecule has 0 radical (unpaired) electrons. The first kappa shape index (κ1) is 16.6. The van der Waals surface area contributed by atoms with Crippen LogP contribution in [0.15, 0.2) is 57.9 Å². The number of thioether (sulfide) groups is 1. The molecule has 2 aromatic rings. The predicted octanol–water partition coefficient (Wildman–Crippen LogP) is 3.67. The Morgan fingerprint density at radius 2 is 1.68 bits per heavy atom. The van der Waals surface area contributed by atoms with Crippen LogP contribution in [0.5, 0.6) is 0 Å². The highest BCUT2D eigenvalue weighted by Crippen LogP contribution is 2.25. The molecule has 0 aliphatic carbocycles. The number of nitrogens with two attached hydrogens (primary N) is 1. The second kappa shape index (κ2) is 7.47. The van der Waals surface area contributed by atoms with Gasteiger partial charge in [-0.2, -0.15) is 0 Å².